The van der Waals surface area contributed by atoms with Gasteiger partial charge >= 0.3 is 11.9 Å². The topological polar surface area (TPSA) is 61.8 Å². The van der Waals surface area contributed by atoms with Crippen LogP contribution in [0.5, 0.6) is 11.5 Å². The zero-order valence-corrected chi connectivity index (χ0v) is 7.61. The van der Waals surface area contributed by atoms with E-state index in [-0.39, 0.29) is 11.1 Å². The minimum absolute atomic E-state index is 0.240. The van der Waals surface area contributed by atoms with Gasteiger partial charge in [-0.05, 0) is 12.1 Å². The van der Waals surface area contributed by atoms with E-state index in [0.29, 0.717) is 24.7 Å². The summed E-state index contributed by atoms with van der Waals surface area (Å²) in [7, 11) is 0. The van der Waals surface area contributed by atoms with Gasteiger partial charge in [-0.15, -0.1) is 0 Å². The van der Waals surface area contributed by atoms with Crippen molar-refractivity contribution in [3.05, 3.63) is 23.3 Å². The molecule has 3 rings (SSSR count). The molecule has 0 saturated carbocycles. The molecule has 76 valence electrons. The number of benzene rings is 1. The Kier molecular flexibility index (Phi) is 1.50. The van der Waals surface area contributed by atoms with Crippen LogP contribution < -0.4 is 9.47 Å². The minimum Gasteiger partial charge on any atom is -0.486 e. The number of cyclic esters (lactones) is 2. The molecule has 5 nitrogen and oxygen atoms in total. The number of ether oxygens (including phenoxy) is 3. The van der Waals surface area contributed by atoms with Crippen LogP contribution in [-0.2, 0) is 4.74 Å². The van der Waals surface area contributed by atoms with Crippen molar-refractivity contribution in [2.75, 3.05) is 13.2 Å². The fraction of sp³-hybridized carbons (Fsp3) is 0.200. The molecule has 2 aliphatic rings. The van der Waals surface area contributed by atoms with Crippen LogP contribution in [0, 0.1) is 0 Å². The normalized spacial score (nSPS) is 17.3. The summed E-state index contributed by atoms with van der Waals surface area (Å²) < 4.78 is 15.0. The molecule has 0 aliphatic carbocycles. The highest BCUT2D eigenvalue weighted by molar-refractivity contribution is 6.15. The number of hydrogen-bond donors (Lipinski definition) is 0. The van der Waals surface area contributed by atoms with Crippen LogP contribution in [0.4, 0.5) is 0 Å². The van der Waals surface area contributed by atoms with Crippen LogP contribution in [0.15, 0.2) is 12.1 Å². The molecule has 2 aliphatic heterocycles. The highest BCUT2D eigenvalue weighted by Gasteiger charge is 2.32. The largest absolute Gasteiger partial charge is 0.486 e. The molecule has 5 heteroatoms. The maximum absolute atomic E-state index is 11.2. The van der Waals surface area contributed by atoms with E-state index in [1.165, 1.54) is 12.1 Å². The highest BCUT2D eigenvalue weighted by atomic mass is 16.6. The molecule has 0 saturated heterocycles. The Bertz CT molecular complexity index is 434. The molecule has 15 heavy (non-hydrogen) atoms. The van der Waals surface area contributed by atoms with Crippen molar-refractivity contribution in [3.8, 4) is 11.5 Å². The summed E-state index contributed by atoms with van der Waals surface area (Å²) in [6.07, 6.45) is 0. The van der Waals surface area contributed by atoms with Crippen LogP contribution in [0.1, 0.15) is 20.7 Å². The molecule has 0 unspecified atom stereocenters. The first kappa shape index (κ1) is 8.28. The van der Waals surface area contributed by atoms with E-state index >= 15 is 0 Å². The summed E-state index contributed by atoms with van der Waals surface area (Å²) in [6, 6.07) is 2.97. The van der Waals surface area contributed by atoms with Crippen molar-refractivity contribution in [3.63, 3.8) is 0 Å². The first-order valence-electron chi connectivity index (χ1n) is 4.46. The lowest BCUT2D eigenvalue weighted by Crippen LogP contribution is -2.16. The summed E-state index contributed by atoms with van der Waals surface area (Å²) in [5.41, 5.74) is 0.480. The van der Waals surface area contributed by atoms with Gasteiger partial charge in [0.15, 0.2) is 11.5 Å². The zero-order chi connectivity index (χ0) is 10.4. The highest BCUT2D eigenvalue weighted by Crippen LogP contribution is 2.35. The third-order valence-corrected chi connectivity index (χ3v) is 2.31. The van der Waals surface area contributed by atoms with Crippen molar-refractivity contribution in [2.45, 2.75) is 0 Å². The molecule has 1 aromatic carbocycles. The van der Waals surface area contributed by atoms with Crippen molar-refractivity contribution < 1.29 is 23.8 Å². The molecule has 0 N–H and O–H groups in total. The number of esters is 2. The molecular weight excluding hydrogens is 200 g/mol. The Labute approximate surface area is 84.5 Å². The minimum atomic E-state index is -0.632. The van der Waals surface area contributed by atoms with Crippen LogP contribution in [0.2, 0.25) is 0 Å². The van der Waals surface area contributed by atoms with Gasteiger partial charge in [-0.1, -0.05) is 0 Å². The molecule has 0 atom stereocenters. The van der Waals surface area contributed by atoms with E-state index in [1.54, 1.807) is 0 Å². The van der Waals surface area contributed by atoms with Crippen LogP contribution >= 0.6 is 0 Å². The second kappa shape index (κ2) is 2.73. The SMILES string of the molecule is O=C1OC(=O)c2cc3c(cc21)OCCO3. The van der Waals surface area contributed by atoms with E-state index in [0.717, 1.165) is 0 Å². The molecule has 0 aromatic heterocycles. The molecule has 0 amide bonds. The standard InChI is InChI=1S/C10H6O5/c11-9-5-3-7-8(14-2-1-13-7)4-6(5)10(12)15-9/h3-4H,1-2H2. The Morgan fingerprint density at radius 2 is 1.33 bits per heavy atom. The lowest BCUT2D eigenvalue weighted by atomic mass is 10.1. The van der Waals surface area contributed by atoms with Crippen LogP contribution in [0.25, 0.3) is 0 Å². The Hall–Kier alpha value is -2.04. The fourth-order valence-corrected chi connectivity index (χ4v) is 1.62. The van der Waals surface area contributed by atoms with E-state index in [2.05, 4.69) is 4.74 Å². The zero-order valence-electron chi connectivity index (χ0n) is 7.61. The van der Waals surface area contributed by atoms with Crippen LogP contribution in [0.3, 0.4) is 0 Å². The first-order chi connectivity index (χ1) is 7.25. The summed E-state index contributed by atoms with van der Waals surface area (Å²) >= 11 is 0. The molecule has 2 heterocycles. The van der Waals surface area contributed by atoms with E-state index in [1.807, 2.05) is 0 Å². The van der Waals surface area contributed by atoms with E-state index < -0.39 is 11.9 Å². The average Bonchev–Trinajstić information content (AvgIpc) is 2.52. The van der Waals surface area contributed by atoms with Gasteiger partial charge < -0.3 is 14.2 Å². The van der Waals surface area contributed by atoms with Crippen LogP contribution in [-0.4, -0.2) is 25.2 Å². The molecule has 0 fully saturated rings. The predicted octanol–water partition coefficient (Wildman–Crippen LogP) is 0.768. The van der Waals surface area contributed by atoms with Crippen molar-refractivity contribution in [2.24, 2.45) is 0 Å². The maximum Gasteiger partial charge on any atom is 0.347 e. The average molecular weight is 206 g/mol. The smallest absolute Gasteiger partial charge is 0.347 e. The monoisotopic (exact) mass is 206 g/mol. The van der Waals surface area contributed by atoms with Crippen molar-refractivity contribution in [1.82, 2.24) is 0 Å². The second-order valence-electron chi connectivity index (χ2n) is 3.22. The van der Waals surface area contributed by atoms with E-state index in [9.17, 15) is 9.59 Å². The first-order valence-corrected chi connectivity index (χ1v) is 4.46. The molecule has 0 bridgehead atoms. The summed E-state index contributed by atoms with van der Waals surface area (Å²) in [5.74, 6) is -0.308. The Morgan fingerprint density at radius 3 is 1.80 bits per heavy atom. The van der Waals surface area contributed by atoms with Gasteiger partial charge in [-0.3, -0.25) is 0 Å². The number of fused-ring (bicyclic) bond motifs is 2. The summed E-state index contributed by atoms with van der Waals surface area (Å²) in [5, 5.41) is 0. The van der Waals surface area contributed by atoms with Gasteiger partial charge in [-0.25, -0.2) is 9.59 Å². The third kappa shape index (κ3) is 1.09. The number of carbonyl (C=O) groups excluding carboxylic acids is 2. The molecular formula is C10H6O5. The van der Waals surface area contributed by atoms with Gasteiger partial charge in [0.05, 0.1) is 11.1 Å². The Morgan fingerprint density at radius 1 is 0.867 bits per heavy atom. The van der Waals surface area contributed by atoms with Gasteiger partial charge in [-0.2, -0.15) is 0 Å². The van der Waals surface area contributed by atoms with Crippen molar-refractivity contribution in [1.29, 1.82) is 0 Å². The molecule has 1 aromatic rings. The lowest BCUT2D eigenvalue weighted by molar-refractivity contribution is 0.0443. The van der Waals surface area contributed by atoms with Gasteiger partial charge in [0.25, 0.3) is 0 Å². The number of hydrogen-bond acceptors (Lipinski definition) is 5. The summed E-state index contributed by atoms with van der Waals surface area (Å²) in [6.45, 7) is 0.879. The Balaban J connectivity index is 2.20. The summed E-state index contributed by atoms with van der Waals surface area (Å²) in [4.78, 5) is 22.4. The third-order valence-electron chi connectivity index (χ3n) is 2.31. The van der Waals surface area contributed by atoms with E-state index in [4.69, 9.17) is 9.47 Å². The number of rotatable bonds is 0. The molecule has 0 spiro atoms. The van der Waals surface area contributed by atoms with Crippen molar-refractivity contribution >= 4 is 11.9 Å². The van der Waals surface area contributed by atoms with Gasteiger partial charge in [0.1, 0.15) is 13.2 Å². The predicted molar refractivity (Wildman–Crippen MR) is 47.2 cm³/mol. The fourth-order valence-electron chi connectivity index (χ4n) is 1.62. The maximum atomic E-state index is 11.2. The lowest BCUT2D eigenvalue weighted by Gasteiger charge is -2.18. The van der Waals surface area contributed by atoms with Gasteiger partial charge in [0.2, 0.25) is 0 Å². The number of carbonyl (C=O) groups is 2. The molecule has 0 radical (unpaired) electrons. The van der Waals surface area contributed by atoms with Gasteiger partial charge in [0, 0.05) is 0 Å². The quantitative estimate of drug-likeness (QED) is 0.463. The second-order valence-corrected chi connectivity index (χ2v) is 3.22.